The molecule has 40 heavy (non-hydrogen) atoms. The highest BCUT2D eigenvalue weighted by Gasteiger charge is 2.74. The van der Waals surface area contributed by atoms with Crippen molar-refractivity contribution in [1.29, 1.82) is 0 Å². The summed E-state index contributed by atoms with van der Waals surface area (Å²) in [6, 6.07) is 7.67. The van der Waals surface area contributed by atoms with Gasteiger partial charge in [0.25, 0.3) is 0 Å². The highest BCUT2D eigenvalue weighted by atomic mass is 16.6. The van der Waals surface area contributed by atoms with Gasteiger partial charge in [-0.1, -0.05) is 65.0 Å². The third-order valence-corrected chi connectivity index (χ3v) is 11.2. The van der Waals surface area contributed by atoms with E-state index in [0.717, 1.165) is 0 Å². The fourth-order valence-electron chi connectivity index (χ4n) is 8.50. The number of Topliss-reactive ketones (excluding diaryl/α,β-unsaturated/α-hetero) is 1. The molecule has 0 amide bonds. The van der Waals surface area contributed by atoms with E-state index < -0.39 is 70.3 Å². The molecule has 0 spiro atoms. The summed E-state index contributed by atoms with van der Waals surface area (Å²) in [6.45, 7) is 10.8. The Morgan fingerprint density at radius 1 is 1.15 bits per heavy atom. The van der Waals surface area contributed by atoms with Crippen molar-refractivity contribution in [2.24, 2.45) is 34.3 Å². The van der Waals surface area contributed by atoms with Crippen molar-refractivity contribution < 1.29 is 39.5 Å². The van der Waals surface area contributed by atoms with Gasteiger partial charge >= 0.3 is 5.97 Å². The molecule has 1 heterocycles. The van der Waals surface area contributed by atoms with Crippen molar-refractivity contribution in [3.8, 4) is 0 Å². The second-order valence-corrected chi connectivity index (χ2v) is 13.4. The maximum atomic E-state index is 14.4. The van der Waals surface area contributed by atoms with Crippen LogP contribution in [0.4, 0.5) is 0 Å². The Balaban J connectivity index is 1.57. The predicted octanol–water partition coefficient (Wildman–Crippen LogP) is 1.81. The average Bonchev–Trinajstić information content (AvgIpc) is 2.91. The van der Waals surface area contributed by atoms with E-state index in [1.165, 1.54) is 0 Å². The van der Waals surface area contributed by atoms with Gasteiger partial charge in [0.2, 0.25) is 0 Å². The number of ketones is 1. The topological polar surface area (TPSA) is 160 Å². The van der Waals surface area contributed by atoms with Gasteiger partial charge in [0, 0.05) is 29.1 Å². The monoisotopic (exact) mass is 557 g/mol. The Labute approximate surface area is 235 Å². The van der Waals surface area contributed by atoms with E-state index in [9.17, 15) is 30.0 Å². The van der Waals surface area contributed by atoms with Crippen molar-refractivity contribution >= 4 is 11.8 Å². The van der Waals surface area contributed by atoms with Crippen LogP contribution in [0.25, 0.3) is 0 Å². The van der Waals surface area contributed by atoms with E-state index in [4.69, 9.17) is 15.2 Å². The summed E-state index contributed by atoms with van der Waals surface area (Å²) < 4.78 is 11.5. The maximum absolute atomic E-state index is 14.4. The molecule has 0 radical (unpaired) electrons. The first-order valence-corrected chi connectivity index (χ1v) is 14.2. The van der Waals surface area contributed by atoms with Gasteiger partial charge in [-0.2, -0.15) is 0 Å². The molecule has 1 saturated heterocycles. The molecule has 11 atom stereocenters. The molecule has 1 aliphatic heterocycles. The minimum absolute atomic E-state index is 0.0381. The Morgan fingerprint density at radius 2 is 1.77 bits per heavy atom. The normalized spacial score (nSPS) is 43.8. The first-order valence-electron chi connectivity index (χ1n) is 14.2. The number of benzene rings is 1. The molecule has 2 bridgehead atoms. The number of nitrogens with two attached hydrogens (primary N) is 1. The second-order valence-electron chi connectivity index (χ2n) is 13.4. The maximum Gasteiger partial charge on any atom is 0.337 e. The van der Waals surface area contributed by atoms with Crippen LogP contribution >= 0.6 is 0 Å². The summed E-state index contributed by atoms with van der Waals surface area (Å²) >= 11 is 0. The summed E-state index contributed by atoms with van der Waals surface area (Å²) in [5, 5.41) is 47.2. The number of rotatable bonds is 4. The first-order chi connectivity index (χ1) is 18.5. The molecule has 3 aliphatic carbocycles. The molecule has 3 fully saturated rings. The van der Waals surface area contributed by atoms with Gasteiger partial charge in [-0.25, -0.2) is 4.79 Å². The second kappa shape index (κ2) is 9.44. The number of aliphatic hydroxyl groups is 4. The molecule has 9 nitrogen and oxygen atoms in total. The van der Waals surface area contributed by atoms with E-state index in [1.54, 1.807) is 65.0 Å². The van der Waals surface area contributed by atoms with Crippen molar-refractivity contribution in [3.63, 3.8) is 0 Å². The Hall–Kier alpha value is -2.14. The number of carbonyl (C=O) groups excluding carboxylic acids is 2. The molecule has 9 heteroatoms. The van der Waals surface area contributed by atoms with Gasteiger partial charge in [-0.05, 0) is 36.0 Å². The highest BCUT2D eigenvalue weighted by Crippen LogP contribution is 2.64. The fraction of sp³-hybridized carbons (Fsp3) is 0.677. The number of ether oxygens (including phenoxy) is 2. The van der Waals surface area contributed by atoms with Crippen molar-refractivity contribution in [2.75, 3.05) is 6.61 Å². The third-order valence-electron chi connectivity index (χ3n) is 11.2. The number of hydrogen-bond donors (Lipinski definition) is 5. The molecule has 220 valence electrons. The van der Waals surface area contributed by atoms with E-state index in [1.807, 2.05) is 6.92 Å². The molecular formula is C31H43NO8. The molecule has 4 aliphatic rings. The van der Waals surface area contributed by atoms with Gasteiger partial charge < -0.3 is 35.6 Å². The predicted molar refractivity (Wildman–Crippen MR) is 146 cm³/mol. The minimum Gasteiger partial charge on any atom is -0.456 e. The molecule has 0 unspecified atom stereocenters. The van der Waals surface area contributed by atoms with E-state index in [2.05, 4.69) is 0 Å². The Bertz CT molecular complexity index is 1230. The molecule has 1 aromatic rings. The van der Waals surface area contributed by atoms with Gasteiger partial charge in [-0.15, -0.1) is 0 Å². The quantitative estimate of drug-likeness (QED) is 0.275. The molecule has 1 aromatic carbocycles. The van der Waals surface area contributed by atoms with Crippen LogP contribution in [0, 0.1) is 28.6 Å². The van der Waals surface area contributed by atoms with Crippen molar-refractivity contribution in [2.45, 2.75) is 96.0 Å². The fourth-order valence-corrected chi connectivity index (χ4v) is 8.50. The van der Waals surface area contributed by atoms with Gasteiger partial charge in [-0.3, -0.25) is 4.79 Å². The number of aliphatic hydroxyl groups excluding tert-OH is 2. The minimum atomic E-state index is -1.88. The Kier molecular flexibility index (Phi) is 6.93. The van der Waals surface area contributed by atoms with Crippen LogP contribution in [0.2, 0.25) is 0 Å². The zero-order valence-electron chi connectivity index (χ0n) is 24.1. The largest absolute Gasteiger partial charge is 0.456 e. The summed E-state index contributed by atoms with van der Waals surface area (Å²) in [5.41, 5.74) is 2.31. The van der Waals surface area contributed by atoms with E-state index >= 15 is 0 Å². The van der Waals surface area contributed by atoms with Gasteiger partial charge in [0.1, 0.15) is 23.1 Å². The van der Waals surface area contributed by atoms with Crippen LogP contribution in [0.5, 0.6) is 0 Å². The highest BCUT2D eigenvalue weighted by molar-refractivity contribution is 5.91. The standard InChI is InChI=1S/C31H43NO8/c1-15-12-20-30(37,14-39-20)24-26(35)31(38)13-19(40-27(36)23(33)22(32)18-10-8-7-9-11-18)16(2)21(28(31,4)5)17(3)25(34)29(15,24)6/h7-11,15,17,19-20,22-24,26,33,35,37-38H,12-14,32H2,1-6H3/t15-,17+,19-,20+,22-,23+,24-,26-,29+,30-,31+/m0/s1. The number of carbonyl (C=O) groups is 2. The van der Waals surface area contributed by atoms with Crippen LogP contribution < -0.4 is 5.73 Å². The van der Waals surface area contributed by atoms with Crippen LogP contribution in [-0.4, -0.2) is 74.4 Å². The lowest BCUT2D eigenvalue weighted by Crippen LogP contribution is -2.79. The Morgan fingerprint density at radius 3 is 2.35 bits per heavy atom. The van der Waals surface area contributed by atoms with Crippen molar-refractivity contribution in [3.05, 3.63) is 47.0 Å². The molecule has 5 rings (SSSR count). The van der Waals surface area contributed by atoms with Crippen LogP contribution in [-0.2, 0) is 19.1 Å². The van der Waals surface area contributed by atoms with Crippen molar-refractivity contribution in [1.82, 2.24) is 0 Å². The molecule has 0 aromatic heterocycles. The van der Waals surface area contributed by atoms with Gasteiger partial charge in [0.15, 0.2) is 6.10 Å². The summed E-state index contributed by atoms with van der Waals surface area (Å²) in [6.07, 6.45) is -4.50. The van der Waals surface area contributed by atoms with Crippen LogP contribution in [0.3, 0.4) is 0 Å². The first kappa shape index (κ1) is 29.4. The van der Waals surface area contributed by atoms with Crippen LogP contribution in [0.15, 0.2) is 41.5 Å². The van der Waals surface area contributed by atoms with E-state index in [0.29, 0.717) is 23.1 Å². The SMILES string of the molecule is CC1=C2[C@@H](C)C(=O)[C@@]3(C)[C@H]([C@H](O)[C@](O)(C[C@@H]1OC(=O)[C@H](O)[C@@H](N)c1ccccc1)C2(C)C)[C@]1(O)CO[C@@H]1C[C@@H]3C. The third kappa shape index (κ3) is 3.75. The number of esters is 1. The lowest BCUT2D eigenvalue weighted by Gasteiger charge is -2.67. The summed E-state index contributed by atoms with van der Waals surface area (Å²) in [4.78, 5) is 27.6. The van der Waals surface area contributed by atoms with Crippen LogP contribution in [0.1, 0.15) is 66.0 Å². The summed E-state index contributed by atoms with van der Waals surface area (Å²) in [5.74, 6) is -3.01. The zero-order valence-corrected chi connectivity index (χ0v) is 24.1. The number of hydrogen-bond acceptors (Lipinski definition) is 9. The average molecular weight is 558 g/mol. The molecular weight excluding hydrogens is 514 g/mol. The molecule has 2 saturated carbocycles. The number of fused-ring (bicyclic) bond motifs is 5. The smallest absolute Gasteiger partial charge is 0.337 e. The van der Waals surface area contributed by atoms with Gasteiger partial charge in [0.05, 0.1) is 24.9 Å². The lowest BCUT2D eigenvalue weighted by atomic mass is 9.42. The summed E-state index contributed by atoms with van der Waals surface area (Å²) in [7, 11) is 0. The lowest BCUT2D eigenvalue weighted by molar-refractivity contribution is -0.338. The zero-order chi connectivity index (χ0) is 29.6. The van der Waals surface area contributed by atoms with E-state index in [-0.39, 0.29) is 24.7 Å². The molecule has 6 N–H and O–H groups in total.